The van der Waals surface area contributed by atoms with Crippen molar-refractivity contribution < 1.29 is 8.42 Å². The molecule has 0 saturated heterocycles. The van der Waals surface area contributed by atoms with Gasteiger partial charge in [-0.25, -0.2) is 5.14 Å². The molecule has 0 unspecified atom stereocenters. The van der Waals surface area contributed by atoms with Gasteiger partial charge in [-0.3, -0.25) is 0 Å². The van der Waals surface area contributed by atoms with Gasteiger partial charge in [-0.1, -0.05) is 60.7 Å². The number of nitrogens with two attached hydrogens (primary N) is 1. The van der Waals surface area contributed by atoms with Gasteiger partial charge in [0.05, 0.1) is 0 Å². The predicted octanol–water partition coefficient (Wildman–Crippen LogP) is 1.89. The largest absolute Gasteiger partial charge is 0.277 e. The summed E-state index contributed by atoms with van der Waals surface area (Å²) >= 11 is 0. The van der Waals surface area contributed by atoms with Crippen LogP contribution in [0.15, 0.2) is 60.7 Å². The minimum atomic E-state index is -3.73. The highest BCUT2D eigenvalue weighted by molar-refractivity contribution is 7.86. The summed E-state index contributed by atoms with van der Waals surface area (Å²) in [6.07, 6.45) is 0. The fourth-order valence-corrected chi connectivity index (χ4v) is 2.47. The van der Waals surface area contributed by atoms with Crippen LogP contribution in [0.4, 0.5) is 0 Å². The molecule has 2 rings (SSSR count). The van der Waals surface area contributed by atoms with Gasteiger partial charge in [-0.05, 0) is 11.1 Å². The zero-order valence-electron chi connectivity index (χ0n) is 10.4. The molecule has 0 aliphatic heterocycles. The molecule has 0 aliphatic carbocycles. The molecular weight excluding hydrogens is 260 g/mol. The molecule has 5 heteroatoms. The van der Waals surface area contributed by atoms with E-state index in [1.165, 1.54) is 4.31 Å². The fraction of sp³-hybridized carbons (Fsp3) is 0.143. The summed E-state index contributed by atoms with van der Waals surface area (Å²) < 4.78 is 24.5. The quantitative estimate of drug-likeness (QED) is 0.906. The summed E-state index contributed by atoms with van der Waals surface area (Å²) in [5.41, 5.74) is 1.82. The van der Waals surface area contributed by atoms with Gasteiger partial charge >= 0.3 is 0 Å². The summed E-state index contributed by atoms with van der Waals surface area (Å²) in [6, 6.07) is 18.8. The van der Waals surface area contributed by atoms with Crippen LogP contribution in [0, 0.1) is 0 Å². The highest BCUT2D eigenvalue weighted by Crippen LogP contribution is 2.12. The normalized spacial score (nSPS) is 11.7. The Morgan fingerprint density at radius 3 is 1.47 bits per heavy atom. The Bertz CT molecular complexity index is 571. The third-order valence-electron chi connectivity index (χ3n) is 2.76. The van der Waals surface area contributed by atoms with Gasteiger partial charge in [0.15, 0.2) is 0 Å². The molecule has 0 saturated carbocycles. The van der Waals surface area contributed by atoms with E-state index in [0.29, 0.717) is 0 Å². The van der Waals surface area contributed by atoms with Gasteiger partial charge in [0.2, 0.25) is 0 Å². The van der Waals surface area contributed by atoms with Crippen molar-refractivity contribution in [3.8, 4) is 0 Å². The molecule has 0 bridgehead atoms. The first-order valence-electron chi connectivity index (χ1n) is 5.91. The van der Waals surface area contributed by atoms with E-state index in [-0.39, 0.29) is 13.1 Å². The third-order valence-corrected chi connectivity index (χ3v) is 3.74. The average Bonchev–Trinajstić information content (AvgIpc) is 2.39. The van der Waals surface area contributed by atoms with Crippen molar-refractivity contribution in [3.05, 3.63) is 71.8 Å². The van der Waals surface area contributed by atoms with Crippen molar-refractivity contribution in [2.45, 2.75) is 13.1 Å². The molecule has 4 nitrogen and oxygen atoms in total. The molecule has 0 amide bonds. The number of nitrogens with zero attached hydrogens (tertiary/aromatic N) is 1. The lowest BCUT2D eigenvalue weighted by Gasteiger charge is -2.19. The van der Waals surface area contributed by atoms with E-state index >= 15 is 0 Å². The van der Waals surface area contributed by atoms with E-state index in [1.54, 1.807) is 0 Å². The first kappa shape index (κ1) is 13.7. The van der Waals surface area contributed by atoms with E-state index in [9.17, 15) is 8.42 Å². The number of benzene rings is 2. The van der Waals surface area contributed by atoms with Crippen LogP contribution >= 0.6 is 0 Å². The molecule has 0 spiro atoms. The second kappa shape index (κ2) is 5.97. The summed E-state index contributed by atoms with van der Waals surface area (Å²) in [6.45, 7) is 0.545. The van der Waals surface area contributed by atoms with Gasteiger partial charge < -0.3 is 0 Å². The SMILES string of the molecule is NS(=O)(=O)N(Cc1ccccc1)Cc1ccccc1. The molecule has 100 valence electrons. The van der Waals surface area contributed by atoms with Crippen LogP contribution in [-0.2, 0) is 23.3 Å². The van der Waals surface area contributed by atoms with Crippen LogP contribution in [0.25, 0.3) is 0 Å². The molecule has 19 heavy (non-hydrogen) atoms. The maximum atomic E-state index is 11.6. The molecule has 0 aromatic heterocycles. The Morgan fingerprint density at radius 2 is 1.16 bits per heavy atom. The van der Waals surface area contributed by atoms with Gasteiger partial charge in [-0.15, -0.1) is 0 Å². The smallest absolute Gasteiger partial charge is 0.216 e. The Morgan fingerprint density at radius 1 is 0.789 bits per heavy atom. The van der Waals surface area contributed by atoms with Crippen LogP contribution in [0.3, 0.4) is 0 Å². The first-order valence-corrected chi connectivity index (χ1v) is 7.42. The highest BCUT2D eigenvalue weighted by Gasteiger charge is 2.17. The number of rotatable bonds is 5. The summed E-state index contributed by atoms with van der Waals surface area (Å²) in [7, 11) is -3.73. The Kier molecular flexibility index (Phi) is 4.31. The summed E-state index contributed by atoms with van der Waals surface area (Å²) in [5, 5.41) is 5.27. The van der Waals surface area contributed by atoms with Crippen molar-refractivity contribution in [2.24, 2.45) is 5.14 Å². The van der Waals surface area contributed by atoms with Crippen LogP contribution in [0.1, 0.15) is 11.1 Å². The first-order chi connectivity index (χ1) is 9.05. The molecule has 0 radical (unpaired) electrons. The van der Waals surface area contributed by atoms with Gasteiger partial charge in [0.1, 0.15) is 0 Å². The molecule has 2 aromatic carbocycles. The molecule has 0 fully saturated rings. The Balaban J connectivity index is 2.18. The number of hydrogen-bond donors (Lipinski definition) is 1. The van der Waals surface area contributed by atoms with Crippen LogP contribution in [0.2, 0.25) is 0 Å². The van der Waals surface area contributed by atoms with Crippen LogP contribution in [-0.4, -0.2) is 12.7 Å². The van der Waals surface area contributed by atoms with E-state index < -0.39 is 10.2 Å². The Labute approximate surface area is 113 Å². The lowest BCUT2D eigenvalue weighted by molar-refractivity contribution is 0.402. The van der Waals surface area contributed by atoms with E-state index in [0.717, 1.165) is 11.1 Å². The standard InChI is InChI=1S/C14H16N2O2S/c15-19(17,18)16(11-13-7-3-1-4-8-13)12-14-9-5-2-6-10-14/h1-10H,11-12H2,(H2,15,17,18). The summed E-state index contributed by atoms with van der Waals surface area (Å²) in [5.74, 6) is 0. The van der Waals surface area contributed by atoms with Crippen molar-refractivity contribution in [1.29, 1.82) is 0 Å². The van der Waals surface area contributed by atoms with Gasteiger partial charge in [0.25, 0.3) is 10.2 Å². The lowest BCUT2D eigenvalue weighted by Crippen LogP contribution is -2.35. The zero-order valence-corrected chi connectivity index (χ0v) is 11.3. The number of hydrogen-bond acceptors (Lipinski definition) is 2. The average molecular weight is 276 g/mol. The lowest BCUT2D eigenvalue weighted by atomic mass is 10.2. The molecule has 2 aromatic rings. The minimum absolute atomic E-state index is 0.272. The molecule has 0 atom stereocenters. The van der Waals surface area contributed by atoms with Crippen LogP contribution < -0.4 is 5.14 Å². The van der Waals surface area contributed by atoms with E-state index in [2.05, 4.69) is 0 Å². The minimum Gasteiger partial charge on any atom is -0.216 e. The molecule has 0 heterocycles. The van der Waals surface area contributed by atoms with E-state index in [4.69, 9.17) is 5.14 Å². The van der Waals surface area contributed by atoms with Crippen molar-refractivity contribution in [2.75, 3.05) is 0 Å². The third kappa shape index (κ3) is 4.17. The van der Waals surface area contributed by atoms with Crippen LogP contribution in [0.5, 0.6) is 0 Å². The second-order valence-electron chi connectivity index (χ2n) is 4.28. The van der Waals surface area contributed by atoms with Gasteiger partial charge in [0, 0.05) is 13.1 Å². The molecule has 2 N–H and O–H groups in total. The molecular formula is C14H16N2O2S. The maximum absolute atomic E-state index is 11.6. The van der Waals surface area contributed by atoms with Gasteiger partial charge in [-0.2, -0.15) is 12.7 Å². The van der Waals surface area contributed by atoms with Crippen molar-refractivity contribution in [3.63, 3.8) is 0 Å². The summed E-state index contributed by atoms with van der Waals surface area (Å²) in [4.78, 5) is 0. The van der Waals surface area contributed by atoms with E-state index in [1.807, 2.05) is 60.7 Å². The zero-order chi connectivity index (χ0) is 13.7. The Hall–Kier alpha value is -1.69. The molecule has 0 aliphatic rings. The maximum Gasteiger partial charge on any atom is 0.277 e. The van der Waals surface area contributed by atoms with Crippen molar-refractivity contribution in [1.82, 2.24) is 4.31 Å². The second-order valence-corrected chi connectivity index (χ2v) is 5.83. The predicted molar refractivity (Wildman–Crippen MR) is 75.2 cm³/mol. The van der Waals surface area contributed by atoms with Crippen molar-refractivity contribution >= 4 is 10.2 Å². The topological polar surface area (TPSA) is 63.4 Å². The highest BCUT2D eigenvalue weighted by atomic mass is 32.2. The fourth-order valence-electron chi connectivity index (χ4n) is 1.81. The monoisotopic (exact) mass is 276 g/mol.